The van der Waals surface area contributed by atoms with Crippen molar-refractivity contribution < 1.29 is 59.3 Å². The van der Waals surface area contributed by atoms with E-state index < -0.39 is 53.2 Å². The summed E-state index contributed by atoms with van der Waals surface area (Å²) in [5.41, 5.74) is -0.242. The van der Waals surface area contributed by atoms with Crippen LogP contribution in [0.3, 0.4) is 0 Å². The molecule has 2 aromatic rings. The van der Waals surface area contributed by atoms with Crippen LogP contribution in [0.4, 0.5) is 0 Å². The second-order valence-electron chi connectivity index (χ2n) is 3.09. The summed E-state index contributed by atoms with van der Waals surface area (Å²) in [7, 11) is -5.89. The van der Waals surface area contributed by atoms with Crippen LogP contribution in [0.5, 0.6) is 0 Å². The Hall–Kier alpha value is -1.35. The van der Waals surface area contributed by atoms with Gasteiger partial charge in [0.05, 0.1) is 13.9 Å². The fourth-order valence-corrected chi connectivity index (χ4v) is 0.865. The molecular weight excluding hydrogens is 294 g/mol. The monoisotopic (exact) mass is 329 g/mol. The molecule has 0 atom stereocenters. The van der Waals surface area contributed by atoms with Crippen LogP contribution >= 0.6 is 0 Å². The van der Waals surface area contributed by atoms with E-state index in [9.17, 15) is 4.79 Å². The molecule has 0 bridgehead atoms. The summed E-state index contributed by atoms with van der Waals surface area (Å²) in [5, 5.41) is 8.85. The van der Waals surface area contributed by atoms with Gasteiger partial charge in [0.25, 0.3) is 0 Å². The molecule has 0 unspecified atom stereocenters. The molecular formula is C13H20BN4NaO3. The van der Waals surface area contributed by atoms with Gasteiger partial charge in [0.15, 0.2) is 5.82 Å². The maximum absolute atomic E-state index is 11.2. The summed E-state index contributed by atoms with van der Waals surface area (Å²) >= 11 is 0. The number of hydrogen-bond acceptors (Lipinski definition) is 7. The maximum atomic E-state index is 11.2. The number of aryl methyl sites for hydroxylation is 2. The summed E-state index contributed by atoms with van der Waals surface area (Å²) < 4.78 is 104. The van der Waals surface area contributed by atoms with Gasteiger partial charge < -0.3 is 9.84 Å². The van der Waals surface area contributed by atoms with Crippen LogP contribution in [0.15, 0.2) is 24.8 Å². The van der Waals surface area contributed by atoms with Crippen LogP contribution in [0.1, 0.15) is 42.6 Å². The summed E-state index contributed by atoms with van der Waals surface area (Å²) in [4.78, 5) is 24.9. The number of aliphatic hydroxyl groups is 1. The van der Waals surface area contributed by atoms with Gasteiger partial charge >= 0.3 is 35.5 Å². The Balaban J connectivity index is 0. The number of nitrogens with zero attached hydrogens (tertiary/aromatic N) is 4. The van der Waals surface area contributed by atoms with Gasteiger partial charge in [0.1, 0.15) is 6.56 Å². The first-order chi connectivity index (χ1) is 15.8. The molecule has 0 aromatic carbocycles. The molecule has 2 heterocycles. The summed E-state index contributed by atoms with van der Waals surface area (Å²) in [6, 6.07) is 0. The van der Waals surface area contributed by atoms with Crippen molar-refractivity contribution >= 4 is 14.2 Å². The van der Waals surface area contributed by atoms with Crippen molar-refractivity contribution in [1.82, 2.24) is 19.9 Å². The molecule has 0 aliphatic rings. The molecule has 0 aliphatic carbocycles. The summed E-state index contributed by atoms with van der Waals surface area (Å²) in [6.07, 6.45) is 3.80. The zero-order chi connectivity index (χ0) is 28.8. The van der Waals surface area contributed by atoms with Crippen LogP contribution in [0.25, 0.3) is 0 Å². The van der Waals surface area contributed by atoms with E-state index in [1.54, 1.807) is 0 Å². The minimum Gasteiger partial charge on any atom is -0.463 e. The number of aromatic nitrogens is 4. The Morgan fingerprint density at radius 1 is 1.27 bits per heavy atom. The quantitative estimate of drug-likeness (QED) is 0.449. The van der Waals surface area contributed by atoms with Gasteiger partial charge in [-0.15, -0.1) is 0 Å². The minimum absolute atomic E-state index is 0. The number of methoxy groups -OCH3 is 1. The molecule has 1 N–H and O–H groups in total. The van der Waals surface area contributed by atoms with Gasteiger partial charge in [-0.3, -0.25) is 0 Å². The predicted molar refractivity (Wildman–Crippen MR) is 82.1 cm³/mol. The van der Waals surface area contributed by atoms with Crippen molar-refractivity contribution in [2.45, 2.75) is 20.3 Å². The van der Waals surface area contributed by atoms with Crippen molar-refractivity contribution in [1.29, 1.82) is 5.34 Å². The topological polar surface area (TPSA) is 98.1 Å². The molecule has 0 saturated heterocycles. The molecule has 7 nitrogen and oxygen atoms in total. The second kappa shape index (κ2) is 12.2. The molecule has 9 heteroatoms. The number of carbonyl (C=O) groups is 1. The average molecular weight is 329 g/mol. The smallest absolute Gasteiger partial charge is 0.463 e. The molecule has 22 heavy (non-hydrogen) atoms. The first-order valence-electron chi connectivity index (χ1n) is 12.7. The fourth-order valence-electron chi connectivity index (χ4n) is 0.865. The van der Waals surface area contributed by atoms with E-state index >= 15 is 0 Å². The van der Waals surface area contributed by atoms with E-state index in [-0.39, 0.29) is 40.7 Å². The van der Waals surface area contributed by atoms with E-state index in [0.29, 0.717) is 0 Å². The largest absolute Gasteiger partial charge is 1.00 e. The van der Waals surface area contributed by atoms with E-state index in [1.807, 2.05) is 0 Å². The molecule has 2 rings (SSSR count). The van der Waals surface area contributed by atoms with Crippen molar-refractivity contribution in [3.05, 3.63) is 47.6 Å². The van der Waals surface area contributed by atoms with E-state index in [2.05, 4.69) is 24.7 Å². The van der Waals surface area contributed by atoms with E-state index in [0.717, 1.165) is 24.8 Å². The zero-order valence-corrected chi connectivity index (χ0v) is 13.4. The van der Waals surface area contributed by atoms with Crippen LogP contribution in [-0.4, -0.2) is 51.7 Å². The third-order valence-electron chi connectivity index (χ3n) is 1.68. The van der Waals surface area contributed by atoms with Gasteiger partial charge in [0.2, 0.25) is 5.82 Å². The third-order valence-corrected chi connectivity index (χ3v) is 1.68. The Labute approximate surface area is 174 Å². The first-order valence-corrected chi connectivity index (χ1v) is 4.92. The Morgan fingerprint density at radius 3 is 2.18 bits per heavy atom. The average Bonchev–Trinajstić information content (AvgIpc) is 2.64. The number of hydrogen-bond donors (Lipinski definition) is 1. The van der Waals surface area contributed by atoms with Gasteiger partial charge in [-0.2, -0.15) is 0 Å². The van der Waals surface area contributed by atoms with Crippen LogP contribution in [0, 0.1) is 13.7 Å². The SMILES string of the molecule is [2H]C([2H])([2H])OC(=O)c1ncc(C([2H])([2H])[2H])cn1.[2H]C([2H])([2H])c1cnc(C([2H])([2H])O)nc1.[2H][B-]([2H])([2H])[2H].[Na+]. The van der Waals surface area contributed by atoms with Crippen LogP contribution in [0.2, 0.25) is 0 Å². The summed E-state index contributed by atoms with van der Waals surface area (Å²) in [6.45, 7) is -7.35. The van der Waals surface area contributed by atoms with E-state index in [4.69, 9.17) is 25.5 Å². The normalized spacial score (nSPS) is 21.2. The Morgan fingerprint density at radius 2 is 1.77 bits per heavy atom. The van der Waals surface area contributed by atoms with Gasteiger partial charge in [-0.05, 0) is 24.8 Å². The van der Waals surface area contributed by atoms with Crippen molar-refractivity contribution in [2.24, 2.45) is 0 Å². The van der Waals surface area contributed by atoms with Crippen molar-refractivity contribution in [3.63, 3.8) is 0 Å². The Bertz CT molecular complexity index is 935. The Kier molecular flexibility index (Phi) is 3.91. The van der Waals surface area contributed by atoms with Gasteiger partial charge in [-0.25, -0.2) is 30.1 Å². The minimum atomic E-state index is -3.00. The molecule has 2 aromatic heterocycles. The molecule has 0 aliphatic heterocycles. The summed E-state index contributed by atoms with van der Waals surface area (Å²) in [5.74, 6) is -2.19. The number of esters is 1. The molecule has 0 spiro atoms. The number of rotatable bonds is 2. The predicted octanol–water partition coefficient (Wildman–Crippen LogP) is -3.60. The third kappa shape index (κ3) is 8.18. The molecule has 0 saturated carbocycles. The molecule has 114 valence electrons. The molecule has 0 fully saturated rings. The van der Waals surface area contributed by atoms with Crippen molar-refractivity contribution in [2.75, 3.05) is 7.04 Å². The number of carbonyl (C=O) groups excluding carboxylic acids is 1. The van der Waals surface area contributed by atoms with E-state index in [1.165, 1.54) is 0 Å². The molecule has 0 radical (unpaired) electrons. The van der Waals surface area contributed by atoms with Crippen LogP contribution < -0.4 is 29.6 Å². The van der Waals surface area contributed by atoms with Crippen molar-refractivity contribution in [3.8, 4) is 0 Å². The van der Waals surface area contributed by atoms with Gasteiger partial charge in [0, 0.05) is 33.0 Å². The second-order valence-corrected chi connectivity index (χ2v) is 3.09. The first kappa shape index (κ1) is 7.04. The van der Waals surface area contributed by atoms with Gasteiger partial charge in [-0.1, -0.05) is 8.27 Å². The fraction of sp³-hybridized carbons (Fsp3) is 0.308. The number of ether oxygens (including phenoxy) is 1. The van der Waals surface area contributed by atoms with Crippen LogP contribution in [-0.2, 0) is 11.3 Å². The maximum Gasteiger partial charge on any atom is 1.00 e. The zero-order valence-electron chi connectivity index (χ0n) is 26.4. The standard InChI is InChI=1S/C7H8N2O2.C6H8N2O.BH4.Na/c1-5-3-8-6(9-4-5)7(10)11-2;1-5-2-7-6(4-9)8-3-5;;/h3-4H,1-2H3;2-3,9H,4H2,1H3;1H4;/q;;-1;+1/i1D3,2D3;1D3,4D2;1D4;. The molecule has 0 amide bonds.